The Balaban J connectivity index is 0.00000101. The highest BCUT2D eigenvalue weighted by atomic mass is 16.5. The van der Waals surface area contributed by atoms with Crippen molar-refractivity contribution in [2.75, 3.05) is 39.9 Å². The molecular formula is C18H31N7O5. The van der Waals surface area contributed by atoms with Crippen molar-refractivity contribution in [1.29, 1.82) is 0 Å². The normalized spacial score (nSPS) is 21.6. The number of likely N-dealkylation sites (tertiary alicyclic amines) is 1. The van der Waals surface area contributed by atoms with E-state index in [9.17, 15) is 9.59 Å². The van der Waals surface area contributed by atoms with E-state index in [1.165, 1.54) is 0 Å². The number of hydrogen-bond donors (Lipinski definition) is 2. The number of carbonyl (C=O) groups excluding carboxylic acids is 2. The van der Waals surface area contributed by atoms with E-state index in [4.69, 9.17) is 14.6 Å². The summed E-state index contributed by atoms with van der Waals surface area (Å²) in [6, 6.07) is 0.511. The molecule has 12 nitrogen and oxygen atoms in total. The highest BCUT2D eigenvalue weighted by Gasteiger charge is 2.33. The number of likely N-dealkylation sites (N-methyl/N-ethyl adjacent to an activating group) is 1. The van der Waals surface area contributed by atoms with Crippen LogP contribution in [0.5, 0.6) is 0 Å². The number of ether oxygens (including phenoxy) is 1. The number of carbonyl (C=O) groups is 3. The molecule has 0 spiro atoms. The van der Waals surface area contributed by atoms with Crippen molar-refractivity contribution in [3.63, 3.8) is 0 Å². The van der Waals surface area contributed by atoms with Crippen LogP contribution in [0.25, 0.3) is 0 Å². The Morgan fingerprint density at radius 3 is 2.57 bits per heavy atom. The molecule has 30 heavy (non-hydrogen) atoms. The molecule has 2 aliphatic rings. The van der Waals surface area contributed by atoms with Gasteiger partial charge in [0.15, 0.2) is 0 Å². The van der Waals surface area contributed by atoms with Crippen LogP contribution in [0.15, 0.2) is 0 Å². The van der Waals surface area contributed by atoms with Gasteiger partial charge in [0, 0.05) is 44.6 Å². The van der Waals surface area contributed by atoms with Gasteiger partial charge < -0.3 is 20.1 Å². The summed E-state index contributed by atoms with van der Waals surface area (Å²) in [6.07, 6.45) is 2.86. The second kappa shape index (κ2) is 12.2. The van der Waals surface area contributed by atoms with Crippen molar-refractivity contribution in [3.8, 4) is 0 Å². The maximum atomic E-state index is 12.5. The molecular weight excluding hydrogens is 394 g/mol. The first-order valence-electron chi connectivity index (χ1n) is 10.1. The van der Waals surface area contributed by atoms with Gasteiger partial charge in [-0.2, -0.15) is 0 Å². The van der Waals surface area contributed by atoms with Gasteiger partial charge in [0.1, 0.15) is 5.82 Å². The summed E-state index contributed by atoms with van der Waals surface area (Å²) in [5.74, 6) is 0.897. The minimum absolute atomic E-state index is 0.00820. The Bertz CT molecular complexity index is 692. The number of hydrogen-bond acceptors (Lipinski definition) is 8. The highest BCUT2D eigenvalue weighted by molar-refractivity contribution is 5.77. The molecule has 168 valence electrons. The highest BCUT2D eigenvalue weighted by Crippen LogP contribution is 2.25. The molecule has 2 fully saturated rings. The number of nitrogens with zero attached hydrogens (tertiary/aromatic N) is 6. The summed E-state index contributed by atoms with van der Waals surface area (Å²) in [6.45, 7) is 5.28. The van der Waals surface area contributed by atoms with Crippen LogP contribution in [0.4, 0.5) is 0 Å². The quantitative estimate of drug-likeness (QED) is 0.520. The minimum atomic E-state index is -0.250. The summed E-state index contributed by atoms with van der Waals surface area (Å²) in [7, 11) is 2.05. The third-order valence-electron chi connectivity index (χ3n) is 5.56. The lowest BCUT2D eigenvalue weighted by atomic mass is 10.1. The summed E-state index contributed by atoms with van der Waals surface area (Å²) in [5.41, 5.74) is 0. The van der Waals surface area contributed by atoms with Crippen molar-refractivity contribution in [1.82, 2.24) is 35.3 Å². The molecule has 2 aliphatic heterocycles. The number of morpholine rings is 1. The van der Waals surface area contributed by atoms with E-state index in [1.54, 1.807) is 4.68 Å². The second-order valence-corrected chi connectivity index (χ2v) is 7.36. The molecule has 2 amide bonds. The summed E-state index contributed by atoms with van der Waals surface area (Å²) >= 11 is 0. The third-order valence-corrected chi connectivity index (χ3v) is 5.56. The zero-order chi connectivity index (χ0) is 21.9. The second-order valence-electron chi connectivity index (χ2n) is 7.36. The van der Waals surface area contributed by atoms with Gasteiger partial charge in [-0.05, 0) is 37.2 Å². The predicted molar refractivity (Wildman–Crippen MR) is 105 cm³/mol. The molecule has 1 aromatic heterocycles. The molecule has 1 aromatic rings. The molecule has 0 unspecified atom stereocenters. The van der Waals surface area contributed by atoms with Gasteiger partial charge in [-0.3, -0.25) is 19.3 Å². The van der Waals surface area contributed by atoms with E-state index in [2.05, 4.69) is 25.7 Å². The lowest BCUT2D eigenvalue weighted by Crippen LogP contribution is -2.45. The number of aryl methyl sites for hydroxylation is 2. The molecule has 0 saturated carbocycles. The average Bonchev–Trinajstić information content (AvgIpc) is 3.31. The van der Waals surface area contributed by atoms with Gasteiger partial charge in [-0.25, -0.2) is 4.68 Å². The number of rotatable bonds is 7. The molecule has 0 radical (unpaired) electrons. The van der Waals surface area contributed by atoms with E-state index in [0.29, 0.717) is 58.1 Å². The molecule has 12 heteroatoms. The van der Waals surface area contributed by atoms with Gasteiger partial charge in [0.25, 0.3) is 6.47 Å². The van der Waals surface area contributed by atoms with Crippen molar-refractivity contribution in [3.05, 3.63) is 5.82 Å². The third kappa shape index (κ3) is 7.02. The van der Waals surface area contributed by atoms with Gasteiger partial charge in [-0.15, -0.1) is 5.10 Å². The van der Waals surface area contributed by atoms with Crippen LogP contribution in [0.3, 0.4) is 0 Å². The minimum Gasteiger partial charge on any atom is -0.483 e. The summed E-state index contributed by atoms with van der Waals surface area (Å²) in [4.78, 5) is 37.0. The number of aromatic nitrogens is 4. The summed E-state index contributed by atoms with van der Waals surface area (Å²) in [5, 5.41) is 21.1. The zero-order valence-electron chi connectivity index (χ0n) is 17.6. The topological polar surface area (TPSA) is 143 Å². The van der Waals surface area contributed by atoms with Crippen LogP contribution < -0.4 is 5.32 Å². The van der Waals surface area contributed by atoms with Crippen molar-refractivity contribution >= 4 is 18.3 Å². The van der Waals surface area contributed by atoms with Crippen LogP contribution in [-0.2, 0) is 25.7 Å². The van der Waals surface area contributed by atoms with Crippen LogP contribution in [0.1, 0.15) is 31.5 Å². The fourth-order valence-corrected chi connectivity index (χ4v) is 3.71. The largest absolute Gasteiger partial charge is 0.483 e. The summed E-state index contributed by atoms with van der Waals surface area (Å²) < 4.78 is 6.93. The molecule has 2 N–H and O–H groups in total. The molecule has 3 heterocycles. The van der Waals surface area contributed by atoms with Gasteiger partial charge in [0.05, 0.1) is 19.8 Å². The fourth-order valence-electron chi connectivity index (χ4n) is 3.71. The van der Waals surface area contributed by atoms with Gasteiger partial charge in [-0.1, -0.05) is 0 Å². The van der Waals surface area contributed by atoms with E-state index < -0.39 is 0 Å². The number of nitrogens with one attached hydrogen (secondary N) is 1. The first-order chi connectivity index (χ1) is 14.5. The van der Waals surface area contributed by atoms with Crippen LogP contribution in [0.2, 0.25) is 0 Å². The lowest BCUT2D eigenvalue weighted by molar-refractivity contribution is -0.136. The van der Waals surface area contributed by atoms with E-state index in [-0.39, 0.29) is 30.4 Å². The Kier molecular flexibility index (Phi) is 9.61. The molecule has 0 aromatic carbocycles. The first-order valence-corrected chi connectivity index (χ1v) is 10.1. The Morgan fingerprint density at radius 2 is 1.93 bits per heavy atom. The van der Waals surface area contributed by atoms with Crippen LogP contribution >= 0.6 is 0 Å². The number of tetrazole rings is 1. The Morgan fingerprint density at radius 1 is 1.27 bits per heavy atom. The van der Waals surface area contributed by atoms with Crippen molar-refractivity contribution < 1.29 is 24.2 Å². The van der Waals surface area contributed by atoms with Crippen molar-refractivity contribution in [2.45, 2.75) is 51.2 Å². The maximum absolute atomic E-state index is 12.5. The number of carboxylic acid groups (broad SMARTS) is 1. The lowest BCUT2D eigenvalue weighted by Gasteiger charge is -2.30. The predicted octanol–water partition coefficient (Wildman–Crippen LogP) is -1.10. The molecule has 2 saturated heterocycles. The van der Waals surface area contributed by atoms with E-state index in [1.807, 2.05) is 18.9 Å². The van der Waals surface area contributed by atoms with Crippen LogP contribution in [0, 0.1) is 6.92 Å². The monoisotopic (exact) mass is 425 g/mol. The zero-order valence-corrected chi connectivity index (χ0v) is 17.6. The van der Waals surface area contributed by atoms with E-state index in [0.717, 1.165) is 12.8 Å². The first kappa shape index (κ1) is 23.7. The maximum Gasteiger partial charge on any atom is 0.290 e. The number of amides is 2. The molecule has 0 bridgehead atoms. The molecule has 2 atom stereocenters. The molecule has 0 aliphatic carbocycles. The smallest absolute Gasteiger partial charge is 0.290 e. The fraction of sp³-hybridized carbons (Fsp3) is 0.778. The standard InChI is InChI=1S/C17H29N7O3.CH2O2/c1-13-19-20-21-24(13)6-5-16(25)18-12-15-4-3-14(22(15)2)11-17(26)23-7-9-27-10-8-23;2-1-3/h14-15H,3-12H2,1-2H3,(H,18,25);1H,(H,2,3)/t14-,15+;/m1./s1. The van der Waals surface area contributed by atoms with E-state index >= 15 is 0 Å². The Hall–Kier alpha value is -2.60. The SMILES string of the molecule is Cc1nnnn1CCC(=O)NC[C@@H]1CC[C@H](CC(=O)N2CCOCC2)N1C.O=CO. The van der Waals surface area contributed by atoms with Crippen molar-refractivity contribution in [2.24, 2.45) is 0 Å². The van der Waals surface area contributed by atoms with Gasteiger partial charge >= 0.3 is 0 Å². The van der Waals surface area contributed by atoms with Crippen LogP contribution in [-0.4, -0.2) is 105 Å². The Labute approximate surface area is 175 Å². The van der Waals surface area contributed by atoms with Gasteiger partial charge in [0.2, 0.25) is 11.8 Å². The molecule has 3 rings (SSSR count). The average molecular weight is 425 g/mol.